The second kappa shape index (κ2) is 5.92. The van der Waals surface area contributed by atoms with Crippen LogP contribution in [0.1, 0.15) is 19.3 Å². The van der Waals surface area contributed by atoms with Crippen LogP contribution in [-0.4, -0.2) is 22.1 Å². The fourth-order valence-corrected chi connectivity index (χ4v) is 1.36. The van der Waals surface area contributed by atoms with E-state index >= 15 is 0 Å². The molecule has 0 aromatic heterocycles. The molecule has 0 aromatic rings. The zero-order valence-electron chi connectivity index (χ0n) is 5.66. The minimum absolute atomic E-state index is 0.189. The van der Waals surface area contributed by atoms with Gasteiger partial charge in [0.2, 0.25) is 0 Å². The largest absolute Gasteiger partial charge is 0.481 e. The normalized spacial score (nSPS) is 13.0. The molecule has 4 heteroatoms. The van der Waals surface area contributed by atoms with Gasteiger partial charge in [0.1, 0.15) is 0 Å². The van der Waals surface area contributed by atoms with Crippen LogP contribution in [0.4, 0.5) is 0 Å². The monoisotopic (exact) mass is 180 g/mol. The summed E-state index contributed by atoms with van der Waals surface area (Å²) in [6, 6.07) is 0. The highest BCUT2D eigenvalue weighted by molar-refractivity contribution is 7.81. The quantitative estimate of drug-likeness (QED) is 0.560. The number of rotatable bonds is 5. The topological polar surface area (TPSA) is 37.3 Å². The van der Waals surface area contributed by atoms with Crippen molar-refractivity contribution in [3.8, 4) is 0 Å². The molecule has 0 aliphatic carbocycles. The van der Waals surface area contributed by atoms with Gasteiger partial charge in [-0.25, -0.2) is 0 Å². The fraction of sp³-hybridized carbons (Fsp3) is 0.833. The van der Waals surface area contributed by atoms with E-state index in [1.807, 2.05) is 0 Å². The van der Waals surface area contributed by atoms with Crippen molar-refractivity contribution >= 4 is 31.2 Å². The molecule has 0 saturated carbocycles. The minimum atomic E-state index is -0.752. The third-order valence-corrected chi connectivity index (χ3v) is 1.93. The maximum Gasteiger partial charge on any atom is 0.303 e. The Hall–Kier alpha value is 0.170. The summed E-state index contributed by atoms with van der Waals surface area (Å²) in [6.07, 6.45) is 1.72. The van der Waals surface area contributed by atoms with E-state index < -0.39 is 5.97 Å². The first-order chi connectivity index (χ1) is 4.66. The highest BCUT2D eigenvalue weighted by Gasteiger charge is 2.04. The van der Waals surface area contributed by atoms with Gasteiger partial charge in [-0.3, -0.25) is 4.79 Å². The van der Waals surface area contributed by atoms with E-state index in [9.17, 15) is 4.79 Å². The predicted octanol–water partition coefficient (Wildman–Crippen LogP) is 1.47. The van der Waals surface area contributed by atoms with E-state index in [0.29, 0.717) is 6.42 Å². The van der Waals surface area contributed by atoms with Crippen LogP contribution < -0.4 is 0 Å². The molecular weight excluding hydrogens is 168 g/mol. The third kappa shape index (κ3) is 6.29. The smallest absolute Gasteiger partial charge is 0.303 e. The third-order valence-electron chi connectivity index (χ3n) is 1.15. The van der Waals surface area contributed by atoms with E-state index in [1.54, 1.807) is 0 Å². The van der Waals surface area contributed by atoms with Crippen molar-refractivity contribution in [1.29, 1.82) is 0 Å². The molecule has 1 N–H and O–H groups in total. The molecule has 0 aliphatic rings. The van der Waals surface area contributed by atoms with Gasteiger partial charge < -0.3 is 5.11 Å². The second-order valence-corrected chi connectivity index (χ2v) is 3.28. The molecule has 0 heterocycles. The minimum Gasteiger partial charge on any atom is -0.481 e. The van der Waals surface area contributed by atoms with Crippen molar-refractivity contribution in [3.05, 3.63) is 0 Å². The van der Waals surface area contributed by atoms with E-state index in [2.05, 4.69) is 25.3 Å². The molecule has 0 spiro atoms. The standard InChI is InChI=1S/C6H12O2S2/c7-6(8)2-1-5(10)3-4-9/h5,9-10H,1-4H2,(H,7,8)/t5-/m1/s1. The molecule has 1 atom stereocenters. The Balaban J connectivity index is 3.21. The first kappa shape index (κ1) is 10.2. The van der Waals surface area contributed by atoms with Crippen LogP contribution in [0.25, 0.3) is 0 Å². The highest BCUT2D eigenvalue weighted by Crippen LogP contribution is 2.09. The lowest BCUT2D eigenvalue weighted by molar-refractivity contribution is -0.137. The SMILES string of the molecule is O=C(O)CC[C@@H](S)CCS. The molecule has 0 fully saturated rings. The highest BCUT2D eigenvalue weighted by atomic mass is 32.1. The van der Waals surface area contributed by atoms with Gasteiger partial charge in [0.05, 0.1) is 0 Å². The summed E-state index contributed by atoms with van der Waals surface area (Å²) in [6.45, 7) is 0. The van der Waals surface area contributed by atoms with Crippen molar-refractivity contribution in [1.82, 2.24) is 0 Å². The van der Waals surface area contributed by atoms with E-state index in [4.69, 9.17) is 5.11 Å². The average molecular weight is 180 g/mol. The van der Waals surface area contributed by atoms with Gasteiger partial charge >= 0.3 is 5.97 Å². The van der Waals surface area contributed by atoms with Gasteiger partial charge in [-0.1, -0.05) is 0 Å². The van der Waals surface area contributed by atoms with Gasteiger partial charge in [0, 0.05) is 11.7 Å². The Morgan fingerprint density at radius 1 is 1.50 bits per heavy atom. The van der Waals surface area contributed by atoms with Crippen LogP contribution in [0.2, 0.25) is 0 Å². The molecule has 0 radical (unpaired) electrons. The molecule has 0 aromatic carbocycles. The Labute approximate surface area is 71.8 Å². The van der Waals surface area contributed by atoms with Crippen LogP contribution in [0.3, 0.4) is 0 Å². The Morgan fingerprint density at radius 3 is 2.50 bits per heavy atom. The number of carboxylic acids is 1. The van der Waals surface area contributed by atoms with E-state index in [1.165, 1.54) is 0 Å². The summed E-state index contributed by atoms with van der Waals surface area (Å²) in [4.78, 5) is 10.1. The number of thiol groups is 2. The lowest BCUT2D eigenvalue weighted by Crippen LogP contribution is -2.04. The van der Waals surface area contributed by atoms with Gasteiger partial charge in [-0.15, -0.1) is 0 Å². The molecule has 10 heavy (non-hydrogen) atoms. The van der Waals surface area contributed by atoms with Crippen LogP contribution in [-0.2, 0) is 4.79 Å². The van der Waals surface area contributed by atoms with Crippen LogP contribution in [0.5, 0.6) is 0 Å². The molecule has 60 valence electrons. The van der Waals surface area contributed by atoms with Gasteiger partial charge in [0.15, 0.2) is 0 Å². The van der Waals surface area contributed by atoms with Gasteiger partial charge in [0.25, 0.3) is 0 Å². The van der Waals surface area contributed by atoms with Crippen LogP contribution in [0.15, 0.2) is 0 Å². The lowest BCUT2D eigenvalue weighted by atomic mass is 10.2. The van der Waals surface area contributed by atoms with E-state index in [-0.39, 0.29) is 11.7 Å². The van der Waals surface area contributed by atoms with Gasteiger partial charge in [-0.2, -0.15) is 25.3 Å². The summed E-state index contributed by atoms with van der Waals surface area (Å²) in [5.41, 5.74) is 0. The molecular formula is C6H12O2S2. The molecule has 0 unspecified atom stereocenters. The van der Waals surface area contributed by atoms with E-state index in [0.717, 1.165) is 12.2 Å². The number of hydrogen-bond donors (Lipinski definition) is 3. The number of aliphatic carboxylic acids is 1. The Kier molecular flexibility index (Phi) is 6.02. The summed E-state index contributed by atoms with van der Waals surface area (Å²) < 4.78 is 0. The molecule has 0 bridgehead atoms. The number of hydrogen-bond acceptors (Lipinski definition) is 3. The average Bonchev–Trinajstić information content (AvgIpc) is 1.85. The summed E-state index contributed by atoms with van der Waals surface area (Å²) in [5.74, 6) is 0.0200. The zero-order chi connectivity index (χ0) is 7.98. The Morgan fingerprint density at radius 2 is 2.10 bits per heavy atom. The first-order valence-electron chi connectivity index (χ1n) is 3.17. The number of carboxylic acid groups (broad SMARTS) is 1. The molecule has 2 nitrogen and oxygen atoms in total. The van der Waals surface area contributed by atoms with Crippen molar-refractivity contribution < 1.29 is 9.90 Å². The molecule has 0 aliphatic heterocycles. The molecule has 0 amide bonds. The van der Waals surface area contributed by atoms with Gasteiger partial charge in [-0.05, 0) is 18.6 Å². The predicted molar refractivity (Wildman–Crippen MR) is 48.1 cm³/mol. The summed E-state index contributed by atoms with van der Waals surface area (Å²) in [5, 5.41) is 8.47. The zero-order valence-corrected chi connectivity index (χ0v) is 7.44. The summed E-state index contributed by atoms with van der Waals surface area (Å²) >= 11 is 8.18. The fourth-order valence-electron chi connectivity index (χ4n) is 0.583. The van der Waals surface area contributed by atoms with Crippen LogP contribution in [0, 0.1) is 0 Å². The van der Waals surface area contributed by atoms with Crippen molar-refractivity contribution in [2.75, 3.05) is 5.75 Å². The number of carbonyl (C=O) groups is 1. The van der Waals surface area contributed by atoms with Crippen molar-refractivity contribution in [3.63, 3.8) is 0 Å². The molecule has 0 rings (SSSR count). The van der Waals surface area contributed by atoms with Crippen LogP contribution >= 0.6 is 25.3 Å². The van der Waals surface area contributed by atoms with Crippen molar-refractivity contribution in [2.24, 2.45) is 0 Å². The summed E-state index contributed by atoms with van der Waals surface area (Å²) in [7, 11) is 0. The van der Waals surface area contributed by atoms with Crippen molar-refractivity contribution in [2.45, 2.75) is 24.5 Å². The molecule has 0 saturated heterocycles. The Bertz CT molecular complexity index is 106. The maximum absolute atomic E-state index is 10.1. The lowest BCUT2D eigenvalue weighted by Gasteiger charge is -2.04. The second-order valence-electron chi connectivity index (χ2n) is 2.10. The first-order valence-corrected chi connectivity index (χ1v) is 4.32. The maximum atomic E-state index is 10.1.